The summed E-state index contributed by atoms with van der Waals surface area (Å²) in [7, 11) is 0. The molecule has 2 nitrogen and oxygen atoms in total. The van der Waals surface area contributed by atoms with Crippen LogP contribution in [0.5, 0.6) is 0 Å². The number of halogens is 4. The number of aliphatic hydroxyl groups excluding tert-OH is 1. The summed E-state index contributed by atoms with van der Waals surface area (Å²) in [5.74, 6) is 0. The molecule has 2 aromatic rings. The lowest BCUT2D eigenvalue weighted by atomic mass is 10.0. The fourth-order valence-corrected chi connectivity index (χ4v) is 2.00. The molecule has 1 aromatic carbocycles. The number of benzene rings is 1. The van der Waals surface area contributed by atoms with E-state index in [1.165, 1.54) is 24.7 Å². The van der Waals surface area contributed by atoms with Gasteiger partial charge >= 0.3 is 6.18 Å². The van der Waals surface area contributed by atoms with Gasteiger partial charge in [0.1, 0.15) is 6.10 Å². The topological polar surface area (TPSA) is 33.4 Å². The van der Waals surface area contributed by atoms with Crippen LogP contribution in [0.2, 0.25) is 0 Å². The first-order valence-corrected chi connectivity index (χ1v) is 5.75. The van der Waals surface area contributed by atoms with Gasteiger partial charge in [0.05, 0.1) is 18.1 Å². The lowest BCUT2D eigenvalue weighted by Gasteiger charge is -2.14. The van der Waals surface area contributed by atoms with Gasteiger partial charge in [-0.3, -0.25) is 0 Å². The van der Waals surface area contributed by atoms with Crippen LogP contribution in [-0.4, -0.2) is 5.11 Å². The van der Waals surface area contributed by atoms with Gasteiger partial charge in [0.25, 0.3) is 0 Å². The summed E-state index contributed by atoms with van der Waals surface area (Å²) in [6.45, 7) is 0. The van der Waals surface area contributed by atoms with E-state index in [-0.39, 0.29) is 5.56 Å². The van der Waals surface area contributed by atoms with Gasteiger partial charge in [-0.1, -0.05) is 15.9 Å². The molecule has 0 fully saturated rings. The number of rotatable bonds is 2. The van der Waals surface area contributed by atoms with Crippen molar-refractivity contribution in [1.82, 2.24) is 0 Å². The first kappa shape index (κ1) is 13.2. The zero-order valence-corrected chi connectivity index (χ0v) is 10.5. The fourth-order valence-electron chi connectivity index (χ4n) is 1.54. The van der Waals surface area contributed by atoms with Gasteiger partial charge in [-0.2, -0.15) is 13.2 Å². The van der Waals surface area contributed by atoms with Crippen LogP contribution in [0.4, 0.5) is 13.2 Å². The minimum Gasteiger partial charge on any atom is -0.472 e. The largest absolute Gasteiger partial charge is 0.472 e. The Morgan fingerprint density at radius 3 is 2.50 bits per heavy atom. The number of hydrogen-bond acceptors (Lipinski definition) is 2. The highest BCUT2D eigenvalue weighted by molar-refractivity contribution is 9.10. The normalized spacial score (nSPS) is 13.6. The maximum absolute atomic E-state index is 12.6. The maximum atomic E-state index is 12.6. The first-order valence-electron chi connectivity index (χ1n) is 4.96. The predicted octanol–water partition coefficient (Wildman–Crippen LogP) is 4.14. The third-order valence-electron chi connectivity index (χ3n) is 2.48. The smallest absolute Gasteiger partial charge is 0.416 e. The molecule has 96 valence electrons. The van der Waals surface area contributed by atoms with Crippen molar-refractivity contribution >= 4 is 15.9 Å². The van der Waals surface area contributed by atoms with E-state index < -0.39 is 17.8 Å². The van der Waals surface area contributed by atoms with Crippen LogP contribution >= 0.6 is 15.9 Å². The average Bonchev–Trinajstić information content (AvgIpc) is 2.80. The Balaban J connectivity index is 2.44. The molecule has 0 saturated heterocycles. The van der Waals surface area contributed by atoms with E-state index in [0.29, 0.717) is 10.0 Å². The average molecular weight is 321 g/mol. The molecule has 1 atom stereocenters. The SMILES string of the molecule is OC(c1ccoc1)c1cc(C(F)(F)F)ccc1Br. The van der Waals surface area contributed by atoms with Crippen LogP contribution in [0.15, 0.2) is 45.7 Å². The molecule has 1 heterocycles. The van der Waals surface area contributed by atoms with E-state index in [1.807, 2.05) is 0 Å². The molecule has 0 aliphatic rings. The van der Waals surface area contributed by atoms with Crippen molar-refractivity contribution in [2.24, 2.45) is 0 Å². The standard InChI is InChI=1S/C12H8BrF3O2/c13-10-2-1-8(12(14,15)16)5-9(10)11(17)7-3-4-18-6-7/h1-6,11,17H. The molecular weight excluding hydrogens is 313 g/mol. The molecule has 1 unspecified atom stereocenters. The van der Waals surface area contributed by atoms with Gasteiger partial charge in [-0.15, -0.1) is 0 Å². The van der Waals surface area contributed by atoms with E-state index in [4.69, 9.17) is 4.42 Å². The minimum absolute atomic E-state index is 0.145. The second-order valence-corrected chi connectivity index (χ2v) is 4.55. The predicted molar refractivity (Wildman–Crippen MR) is 61.9 cm³/mol. The first-order chi connectivity index (χ1) is 8.39. The van der Waals surface area contributed by atoms with Gasteiger partial charge in [0, 0.05) is 10.0 Å². The molecule has 0 saturated carbocycles. The Bertz CT molecular complexity index is 535. The molecule has 18 heavy (non-hydrogen) atoms. The summed E-state index contributed by atoms with van der Waals surface area (Å²) >= 11 is 3.13. The van der Waals surface area contributed by atoms with Gasteiger partial charge < -0.3 is 9.52 Å². The van der Waals surface area contributed by atoms with Crippen LogP contribution in [0, 0.1) is 0 Å². The number of furan rings is 1. The van der Waals surface area contributed by atoms with Crippen molar-refractivity contribution < 1.29 is 22.7 Å². The molecule has 0 radical (unpaired) electrons. The molecule has 1 N–H and O–H groups in total. The van der Waals surface area contributed by atoms with E-state index in [2.05, 4.69) is 15.9 Å². The Morgan fingerprint density at radius 1 is 1.22 bits per heavy atom. The molecule has 0 bridgehead atoms. The van der Waals surface area contributed by atoms with Gasteiger partial charge in [-0.25, -0.2) is 0 Å². The Kier molecular flexibility index (Phi) is 3.49. The molecule has 0 aliphatic carbocycles. The Labute approximate surface area is 109 Å². The van der Waals surface area contributed by atoms with Crippen LogP contribution in [0.3, 0.4) is 0 Å². The van der Waals surface area contributed by atoms with E-state index in [1.54, 1.807) is 0 Å². The zero-order valence-electron chi connectivity index (χ0n) is 8.91. The number of aliphatic hydroxyl groups is 1. The number of hydrogen-bond donors (Lipinski definition) is 1. The van der Waals surface area contributed by atoms with E-state index in [0.717, 1.165) is 12.1 Å². The molecule has 2 rings (SSSR count). The second kappa shape index (κ2) is 4.78. The fraction of sp³-hybridized carbons (Fsp3) is 0.167. The van der Waals surface area contributed by atoms with Crippen molar-refractivity contribution in [3.63, 3.8) is 0 Å². The Hall–Kier alpha value is -1.27. The van der Waals surface area contributed by atoms with Crippen LogP contribution in [0.1, 0.15) is 22.8 Å². The van der Waals surface area contributed by atoms with Crippen molar-refractivity contribution in [3.8, 4) is 0 Å². The van der Waals surface area contributed by atoms with E-state index in [9.17, 15) is 18.3 Å². The van der Waals surface area contributed by atoms with Crippen molar-refractivity contribution in [2.75, 3.05) is 0 Å². The maximum Gasteiger partial charge on any atom is 0.416 e. The second-order valence-electron chi connectivity index (χ2n) is 3.69. The third-order valence-corrected chi connectivity index (χ3v) is 3.20. The molecule has 0 aliphatic heterocycles. The Morgan fingerprint density at radius 2 is 1.94 bits per heavy atom. The van der Waals surface area contributed by atoms with Gasteiger partial charge in [0.15, 0.2) is 0 Å². The summed E-state index contributed by atoms with van der Waals surface area (Å²) in [6, 6.07) is 4.64. The molecule has 0 spiro atoms. The van der Waals surface area contributed by atoms with Crippen LogP contribution in [-0.2, 0) is 6.18 Å². The molecular formula is C12H8BrF3O2. The zero-order chi connectivity index (χ0) is 13.3. The van der Waals surface area contributed by atoms with Crippen molar-refractivity contribution in [1.29, 1.82) is 0 Å². The van der Waals surface area contributed by atoms with Gasteiger partial charge in [0.2, 0.25) is 0 Å². The molecule has 0 amide bonds. The number of alkyl halides is 3. The quantitative estimate of drug-likeness (QED) is 0.902. The summed E-state index contributed by atoms with van der Waals surface area (Å²) in [5, 5.41) is 9.99. The van der Waals surface area contributed by atoms with Crippen LogP contribution < -0.4 is 0 Å². The summed E-state index contributed by atoms with van der Waals surface area (Å²) in [6.07, 6.45) is -2.97. The van der Waals surface area contributed by atoms with E-state index >= 15 is 0 Å². The lowest BCUT2D eigenvalue weighted by Crippen LogP contribution is -2.07. The molecule has 1 aromatic heterocycles. The minimum atomic E-state index is -4.44. The summed E-state index contributed by atoms with van der Waals surface area (Å²) in [4.78, 5) is 0. The van der Waals surface area contributed by atoms with Crippen molar-refractivity contribution in [2.45, 2.75) is 12.3 Å². The van der Waals surface area contributed by atoms with Gasteiger partial charge in [-0.05, 0) is 29.8 Å². The summed E-state index contributed by atoms with van der Waals surface area (Å²) < 4.78 is 43.0. The monoisotopic (exact) mass is 320 g/mol. The van der Waals surface area contributed by atoms with Crippen LogP contribution in [0.25, 0.3) is 0 Å². The summed E-state index contributed by atoms with van der Waals surface area (Å²) in [5.41, 5.74) is -0.260. The highest BCUT2D eigenvalue weighted by Crippen LogP contribution is 2.35. The molecule has 6 heteroatoms. The highest BCUT2D eigenvalue weighted by atomic mass is 79.9. The van der Waals surface area contributed by atoms with Crippen molar-refractivity contribution in [3.05, 3.63) is 58.0 Å². The lowest BCUT2D eigenvalue weighted by molar-refractivity contribution is -0.137. The highest BCUT2D eigenvalue weighted by Gasteiger charge is 2.31. The third kappa shape index (κ3) is 2.59.